The maximum absolute atomic E-state index is 13.0. The number of alkyl halides is 3. The number of anilines is 1. The van der Waals surface area contributed by atoms with Crippen LogP contribution < -0.4 is 5.32 Å². The van der Waals surface area contributed by atoms with Crippen LogP contribution in [-0.4, -0.2) is 46.8 Å². The number of carbonyl (C=O) groups excluding carboxylic acids is 3. The van der Waals surface area contributed by atoms with Crippen molar-refractivity contribution >= 4 is 23.5 Å². The fourth-order valence-corrected chi connectivity index (χ4v) is 4.00. The van der Waals surface area contributed by atoms with Gasteiger partial charge < -0.3 is 10.2 Å². The number of halogens is 3. The summed E-state index contributed by atoms with van der Waals surface area (Å²) < 4.78 is 39.1. The number of nitrogens with zero attached hydrogens (tertiary/aromatic N) is 2. The average Bonchev–Trinajstić information content (AvgIpc) is 2.86. The van der Waals surface area contributed by atoms with Crippen LogP contribution in [0, 0.1) is 11.8 Å². The van der Waals surface area contributed by atoms with Crippen molar-refractivity contribution in [3.8, 4) is 0 Å². The number of nitrogens with one attached hydrogen (secondary N) is 1. The van der Waals surface area contributed by atoms with Crippen molar-refractivity contribution in [2.75, 3.05) is 18.4 Å². The van der Waals surface area contributed by atoms with Crippen molar-refractivity contribution < 1.29 is 27.6 Å². The van der Waals surface area contributed by atoms with Crippen molar-refractivity contribution in [1.82, 2.24) is 9.80 Å². The fourth-order valence-electron chi connectivity index (χ4n) is 4.00. The molecule has 0 spiro atoms. The molecule has 4 rings (SSSR count). The summed E-state index contributed by atoms with van der Waals surface area (Å²) in [4.78, 5) is 39.9. The normalized spacial score (nSPS) is 25.0. The Hall–Kier alpha value is -2.84. The van der Waals surface area contributed by atoms with Crippen LogP contribution in [0.25, 0.3) is 0 Å². The number of carbonyl (C=O) groups is 3. The van der Waals surface area contributed by atoms with E-state index in [1.807, 2.05) is 12.2 Å². The number of urea groups is 1. The van der Waals surface area contributed by atoms with E-state index < -0.39 is 23.8 Å². The Morgan fingerprint density at radius 2 is 1.57 bits per heavy atom. The van der Waals surface area contributed by atoms with Crippen molar-refractivity contribution in [1.29, 1.82) is 0 Å². The number of allylic oxidation sites excluding steroid dienone is 2. The van der Waals surface area contributed by atoms with Gasteiger partial charge in [-0.15, -0.1) is 0 Å². The predicted octanol–water partition coefficient (Wildman–Crippen LogP) is 2.87. The Morgan fingerprint density at radius 3 is 2.14 bits per heavy atom. The molecule has 2 fully saturated rings. The van der Waals surface area contributed by atoms with Crippen LogP contribution in [-0.2, 0) is 15.8 Å². The van der Waals surface area contributed by atoms with Crippen LogP contribution in [0.3, 0.4) is 0 Å². The minimum Gasteiger partial charge on any atom is -0.320 e. The third kappa shape index (κ3) is 3.04. The van der Waals surface area contributed by atoms with Crippen LogP contribution >= 0.6 is 0 Å². The molecule has 148 valence electrons. The first-order valence-corrected chi connectivity index (χ1v) is 9.01. The lowest BCUT2D eigenvalue weighted by Crippen LogP contribution is -2.63. The highest BCUT2D eigenvalue weighted by atomic mass is 19.4. The lowest BCUT2D eigenvalue weighted by molar-refractivity contribution is -0.145. The summed E-state index contributed by atoms with van der Waals surface area (Å²) in [7, 11) is 0. The summed E-state index contributed by atoms with van der Waals surface area (Å²) in [5.74, 6) is -1.10. The number of fused-ring (bicyclic) bond motifs is 1. The molecule has 9 heteroatoms. The molecule has 2 atom stereocenters. The summed E-state index contributed by atoms with van der Waals surface area (Å²) in [6.45, 7) is 0.231. The number of rotatable bonds is 2. The van der Waals surface area contributed by atoms with E-state index in [1.54, 1.807) is 0 Å². The average molecular weight is 393 g/mol. The van der Waals surface area contributed by atoms with E-state index in [-0.39, 0.29) is 42.4 Å². The summed E-state index contributed by atoms with van der Waals surface area (Å²) in [6.07, 6.45) is 0.288. The van der Waals surface area contributed by atoms with E-state index in [0.29, 0.717) is 12.8 Å². The quantitative estimate of drug-likeness (QED) is 0.621. The first-order valence-electron chi connectivity index (χ1n) is 9.01. The molecule has 28 heavy (non-hydrogen) atoms. The lowest BCUT2D eigenvalue weighted by Gasteiger charge is -2.43. The topological polar surface area (TPSA) is 69.7 Å². The number of para-hydroxylation sites is 1. The molecule has 0 bridgehead atoms. The molecule has 0 saturated carbocycles. The number of amides is 4. The number of imide groups is 1. The minimum atomic E-state index is -4.58. The molecule has 1 aromatic rings. The number of hydrogen-bond donors (Lipinski definition) is 1. The zero-order chi connectivity index (χ0) is 20.1. The molecule has 2 aliphatic heterocycles. The summed E-state index contributed by atoms with van der Waals surface area (Å²) in [5.41, 5.74) is -1.25. The second kappa shape index (κ2) is 6.65. The van der Waals surface area contributed by atoms with Crippen molar-refractivity contribution in [2.45, 2.75) is 25.1 Å². The molecule has 0 radical (unpaired) electrons. The molecule has 3 aliphatic rings. The zero-order valence-electron chi connectivity index (χ0n) is 14.8. The number of benzene rings is 1. The number of hydrogen-bond acceptors (Lipinski definition) is 3. The first-order chi connectivity index (χ1) is 13.3. The Bertz CT molecular complexity index is 835. The van der Waals surface area contributed by atoms with E-state index >= 15 is 0 Å². The molecule has 4 amide bonds. The largest absolute Gasteiger partial charge is 0.418 e. The highest BCUT2D eigenvalue weighted by Crippen LogP contribution is 2.38. The minimum absolute atomic E-state index is 0.115. The molecule has 1 N–H and O–H groups in total. The van der Waals surface area contributed by atoms with Gasteiger partial charge in [-0.05, 0) is 25.0 Å². The van der Waals surface area contributed by atoms with E-state index in [1.165, 1.54) is 28.0 Å². The highest BCUT2D eigenvalue weighted by molar-refractivity contribution is 6.06. The maximum atomic E-state index is 13.0. The molecular formula is C19H18F3N3O3. The SMILES string of the molecule is O=C(Nc1ccccc1C(F)(F)F)N1CC(N2C(=O)[C@H]3CC=CC[C@H]3C2=O)C1. The van der Waals surface area contributed by atoms with Gasteiger partial charge in [-0.3, -0.25) is 14.5 Å². The van der Waals surface area contributed by atoms with Gasteiger partial charge in [0.15, 0.2) is 0 Å². The van der Waals surface area contributed by atoms with Crippen LogP contribution in [0.15, 0.2) is 36.4 Å². The first kappa shape index (κ1) is 18.5. The van der Waals surface area contributed by atoms with Crippen LogP contribution in [0.5, 0.6) is 0 Å². The monoisotopic (exact) mass is 393 g/mol. The van der Waals surface area contributed by atoms with Gasteiger partial charge in [-0.2, -0.15) is 13.2 Å². The maximum Gasteiger partial charge on any atom is 0.418 e. The fraction of sp³-hybridized carbons (Fsp3) is 0.421. The van der Waals surface area contributed by atoms with Crippen LogP contribution in [0.1, 0.15) is 18.4 Å². The second-order valence-corrected chi connectivity index (χ2v) is 7.23. The van der Waals surface area contributed by atoms with E-state index in [2.05, 4.69) is 5.32 Å². The van der Waals surface area contributed by atoms with E-state index in [0.717, 1.165) is 6.07 Å². The van der Waals surface area contributed by atoms with Crippen molar-refractivity contribution in [2.24, 2.45) is 11.8 Å². The predicted molar refractivity (Wildman–Crippen MR) is 93.0 cm³/mol. The molecule has 2 saturated heterocycles. The molecule has 1 aliphatic carbocycles. The van der Waals surface area contributed by atoms with Crippen LogP contribution in [0.2, 0.25) is 0 Å². The van der Waals surface area contributed by atoms with Crippen molar-refractivity contribution in [3.63, 3.8) is 0 Å². The second-order valence-electron chi connectivity index (χ2n) is 7.23. The zero-order valence-corrected chi connectivity index (χ0v) is 14.8. The van der Waals surface area contributed by atoms with E-state index in [9.17, 15) is 27.6 Å². The van der Waals surface area contributed by atoms with Gasteiger partial charge in [-0.1, -0.05) is 24.3 Å². The molecule has 2 heterocycles. The molecule has 6 nitrogen and oxygen atoms in total. The van der Waals surface area contributed by atoms with Gasteiger partial charge >= 0.3 is 12.2 Å². The van der Waals surface area contributed by atoms with Crippen molar-refractivity contribution in [3.05, 3.63) is 42.0 Å². The summed E-state index contributed by atoms with van der Waals surface area (Å²) in [5, 5.41) is 2.27. The summed E-state index contributed by atoms with van der Waals surface area (Å²) >= 11 is 0. The van der Waals surface area contributed by atoms with E-state index in [4.69, 9.17) is 0 Å². The smallest absolute Gasteiger partial charge is 0.320 e. The Morgan fingerprint density at radius 1 is 1.00 bits per heavy atom. The van der Waals surface area contributed by atoms with Gasteiger partial charge in [0.25, 0.3) is 0 Å². The van der Waals surface area contributed by atoms with Gasteiger partial charge in [0, 0.05) is 13.1 Å². The Kier molecular flexibility index (Phi) is 4.40. The third-order valence-corrected chi connectivity index (χ3v) is 5.53. The molecular weight excluding hydrogens is 375 g/mol. The number of likely N-dealkylation sites (tertiary alicyclic amines) is 2. The standard InChI is InChI=1S/C19H18F3N3O3/c20-19(21,22)14-7-3-4-8-15(14)23-18(28)24-9-11(10-24)25-16(26)12-5-1-2-6-13(12)17(25)27/h1-4,7-8,11-13H,5-6,9-10H2,(H,23,28)/t12-,13+. The van der Waals surface area contributed by atoms with Gasteiger partial charge in [0.1, 0.15) is 0 Å². The molecule has 1 aromatic carbocycles. The Labute approximate surface area is 159 Å². The van der Waals surface area contributed by atoms with Gasteiger partial charge in [0.2, 0.25) is 11.8 Å². The molecule has 0 unspecified atom stereocenters. The summed E-state index contributed by atoms with van der Waals surface area (Å²) in [6, 6.07) is 3.62. The third-order valence-electron chi connectivity index (χ3n) is 5.53. The molecule has 0 aromatic heterocycles. The van der Waals surface area contributed by atoms with Crippen LogP contribution in [0.4, 0.5) is 23.7 Å². The lowest BCUT2D eigenvalue weighted by atomic mass is 9.85. The highest BCUT2D eigenvalue weighted by Gasteiger charge is 2.52. The Balaban J connectivity index is 1.39. The van der Waals surface area contributed by atoms with Gasteiger partial charge in [-0.25, -0.2) is 4.79 Å². The van der Waals surface area contributed by atoms with Gasteiger partial charge in [0.05, 0.1) is 29.1 Å².